The fourth-order valence-electron chi connectivity index (χ4n) is 2.86. The highest BCUT2D eigenvalue weighted by Crippen LogP contribution is 2.24. The number of carbonyl (C=O) groups excluding carboxylic acids is 1. The number of hydrogen-bond acceptors (Lipinski definition) is 2. The average molecular weight is 298 g/mol. The molecule has 4 heteroatoms. The van der Waals surface area contributed by atoms with E-state index in [4.69, 9.17) is 11.6 Å². The van der Waals surface area contributed by atoms with Crippen LogP contribution in [0.3, 0.4) is 0 Å². The lowest BCUT2D eigenvalue weighted by Crippen LogP contribution is -2.34. The maximum Gasteiger partial charge on any atom is 0.145 e. The minimum absolute atomic E-state index is 0.0832. The number of piperidine rings is 1. The molecule has 0 aromatic heterocycles. The Bertz CT molecular complexity index is 472. The Hall–Kier alpha value is -0.930. The van der Waals surface area contributed by atoms with E-state index in [0.717, 1.165) is 13.1 Å². The zero-order valence-corrected chi connectivity index (χ0v) is 12.5. The van der Waals surface area contributed by atoms with Crippen LogP contribution in [0.15, 0.2) is 18.2 Å². The van der Waals surface area contributed by atoms with Gasteiger partial charge in [-0.05, 0) is 49.4 Å². The van der Waals surface area contributed by atoms with E-state index >= 15 is 0 Å². The van der Waals surface area contributed by atoms with Gasteiger partial charge in [0.25, 0.3) is 0 Å². The normalized spacial score (nSPS) is 20.6. The van der Waals surface area contributed by atoms with Crippen molar-refractivity contribution in [2.75, 3.05) is 13.1 Å². The van der Waals surface area contributed by atoms with E-state index in [0.29, 0.717) is 23.8 Å². The molecule has 1 N–H and O–H groups in total. The highest BCUT2D eigenvalue weighted by molar-refractivity contribution is 6.30. The summed E-state index contributed by atoms with van der Waals surface area (Å²) in [5.41, 5.74) is 0.400. The van der Waals surface area contributed by atoms with Gasteiger partial charge in [-0.1, -0.05) is 30.7 Å². The Morgan fingerprint density at radius 3 is 3.05 bits per heavy atom. The number of hydrogen-bond donors (Lipinski definition) is 1. The number of benzene rings is 1. The Balaban J connectivity index is 1.90. The van der Waals surface area contributed by atoms with E-state index in [9.17, 15) is 9.18 Å². The van der Waals surface area contributed by atoms with Gasteiger partial charge in [-0.3, -0.25) is 4.79 Å². The summed E-state index contributed by atoms with van der Waals surface area (Å²) < 4.78 is 13.8. The van der Waals surface area contributed by atoms with Gasteiger partial charge in [0.15, 0.2) is 0 Å². The third-order valence-electron chi connectivity index (χ3n) is 4.11. The molecule has 1 aliphatic rings. The van der Waals surface area contributed by atoms with Gasteiger partial charge in [0.1, 0.15) is 11.6 Å². The molecule has 1 aromatic carbocycles. The largest absolute Gasteiger partial charge is 0.316 e. The Morgan fingerprint density at radius 1 is 1.55 bits per heavy atom. The van der Waals surface area contributed by atoms with Crippen LogP contribution in [0, 0.1) is 17.7 Å². The van der Waals surface area contributed by atoms with Crippen LogP contribution in [0.25, 0.3) is 0 Å². The third-order valence-corrected chi connectivity index (χ3v) is 4.40. The van der Waals surface area contributed by atoms with Gasteiger partial charge in [-0.15, -0.1) is 0 Å². The molecule has 0 aliphatic carbocycles. The molecular formula is C16H21ClFNO. The first kappa shape index (κ1) is 15.5. The first-order valence-corrected chi connectivity index (χ1v) is 7.61. The summed E-state index contributed by atoms with van der Waals surface area (Å²) in [6, 6.07) is 4.82. The minimum atomic E-state index is -0.463. The van der Waals surface area contributed by atoms with Crippen molar-refractivity contribution >= 4 is 17.4 Å². The second-order valence-corrected chi connectivity index (χ2v) is 6.12. The third kappa shape index (κ3) is 4.03. The van der Waals surface area contributed by atoms with Crippen molar-refractivity contribution in [1.82, 2.24) is 5.32 Å². The molecule has 0 radical (unpaired) electrons. The van der Waals surface area contributed by atoms with Gasteiger partial charge in [0.05, 0.1) is 5.02 Å². The maximum atomic E-state index is 13.8. The minimum Gasteiger partial charge on any atom is -0.316 e. The van der Waals surface area contributed by atoms with Crippen LogP contribution in [0.2, 0.25) is 5.02 Å². The zero-order chi connectivity index (χ0) is 14.5. The highest BCUT2D eigenvalue weighted by atomic mass is 35.5. The number of nitrogens with one attached hydrogen (secondary N) is 1. The van der Waals surface area contributed by atoms with Crippen LogP contribution in [0.4, 0.5) is 4.39 Å². The highest BCUT2D eigenvalue weighted by Gasteiger charge is 2.22. The number of halogens is 2. The molecule has 0 bridgehead atoms. The molecular weight excluding hydrogens is 277 g/mol. The molecule has 2 rings (SSSR count). The monoisotopic (exact) mass is 297 g/mol. The van der Waals surface area contributed by atoms with Crippen molar-refractivity contribution in [3.63, 3.8) is 0 Å². The van der Waals surface area contributed by atoms with E-state index in [1.807, 2.05) is 0 Å². The van der Waals surface area contributed by atoms with E-state index in [-0.39, 0.29) is 17.2 Å². The maximum absolute atomic E-state index is 13.8. The van der Waals surface area contributed by atoms with Gasteiger partial charge < -0.3 is 5.32 Å². The molecule has 0 saturated carbocycles. The van der Waals surface area contributed by atoms with Crippen LogP contribution in [-0.2, 0) is 11.2 Å². The quantitative estimate of drug-likeness (QED) is 0.899. The van der Waals surface area contributed by atoms with Gasteiger partial charge in [-0.25, -0.2) is 4.39 Å². The van der Waals surface area contributed by atoms with Gasteiger partial charge >= 0.3 is 0 Å². The molecule has 110 valence electrons. The topological polar surface area (TPSA) is 29.1 Å². The Morgan fingerprint density at radius 2 is 2.35 bits per heavy atom. The van der Waals surface area contributed by atoms with E-state index < -0.39 is 5.82 Å². The van der Waals surface area contributed by atoms with Crippen molar-refractivity contribution in [3.8, 4) is 0 Å². The molecule has 0 amide bonds. The van der Waals surface area contributed by atoms with Crippen LogP contribution in [-0.4, -0.2) is 18.9 Å². The van der Waals surface area contributed by atoms with Gasteiger partial charge in [0.2, 0.25) is 0 Å². The predicted octanol–water partition coefficient (Wildman–Crippen LogP) is 3.62. The lowest BCUT2D eigenvalue weighted by atomic mass is 9.83. The fraction of sp³-hybridized carbons (Fsp3) is 0.562. The van der Waals surface area contributed by atoms with Crippen molar-refractivity contribution < 1.29 is 9.18 Å². The zero-order valence-electron chi connectivity index (χ0n) is 11.8. The molecule has 1 fully saturated rings. The molecule has 0 spiro atoms. The molecule has 1 aliphatic heterocycles. The van der Waals surface area contributed by atoms with Crippen LogP contribution < -0.4 is 5.32 Å². The van der Waals surface area contributed by atoms with Crippen LogP contribution >= 0.6 is 11.6 Å². The number of ketones is 1. The first-order chi connectivity index (χ1) is 9.58. The Kier molecular flexibility index (Phi) is 5.55. The summed E-state index contributed by atoms with van der Waals surface area (Å²) in [5, 5.41) is 3.45. The SMILES string of the molecule is CC(CC(=O)Cc1cccc(Cl)c1F)C1CCCNC1. The fourth-order valence-corrected chi connectivity index (χ4v) is 3.05. The first-order valence-electron chi connectivity index (χ1n) is 7.23. The molecule has 1 heterocycles. The molecule has 20 heavy (non-hydrogen) atoms. The predicted molar refractivity (Wildman–Crippen MR) is 79.5 cm³/mol. The number of Topliss-reactive ketones (excluding diaryl/α,β-unsaturated/α-hetero) is 1. The molecule has 2 nitrogen and oxygen atoms in total. The Labute approximate surface area is 124 Å². The van der Waals surface area contributed by atoms with Gasteiger partial charge in [-0.2, -0.15) is 0 Å². The summed E-state index contributed by atoms with van der Waals surface area (Å²) in [6.07, 6.45) is 2.99. The van der Waals surface area contributed by atoms with E-state index in [2.05, 4.69) is 12.2 Å². The molecule has 1 aromatic rings. The summed E-state index contributed by atoms with van der Waals surface area (Å²) >= 11 is 5.73. The summed E-state index contributed by atoms with van der Waals surface area (Å²) in [6.45, 7) is 4.18. The van der Waals surface area contributed by atoms with Crippen LogP contribution in [0.1, 0.15) is 31.7 Å². The number of rotatable bonds is 5. The van der Waals surface area contributed by atoms with E-state index in [1.54, 1.807) is 12.1 Å². The lowest BCUT2D eigenvalue weighted by Gasteiger charge is -2.28. The van der Waals surface area contributed by atoms with Crippen molar-refractivity contribution in [2.24, 2.45) is 11.8 Å². The molecule has 2 atom stereocenters. The van der Waals surface area contributed by atoms with E-state index in [1.165, 1.54) is 18.9 Å². The smallest absolute Gasteiger partial charge is 0.145 e. The van der Waals surface area contributed by atoms with Crippen molar-refractivity contribution in [2.45, 2.75) is 32.6 Å². The second kappa shape index (κ2) is 7.19. The van der Waals surface area contributed by atoms with Crippen LogP contribution in [0.5, 0.6) is 0 Å². The van der Waals surface area contributed by atoms with Crippen molar-refractivity contribution in [3.05, 3.63) is 34.6 Å². The molecule has 1 saturated heterocycles. The standard InChI is InChI=1S/C16H21ClFNO/c1-11(13-5-3-7-19-10-13)8-14(20)9-12-4-2-6-15(17)16(12)18/h2,4,6,11,13,19H,3,5,7-10H2,1H3. The second-order valence-electron chi connectivity index (χ2n) is 5.72. The average Bonchev–Trinajstić information content (AvgIpc) is 2.45. The summed E-state index contributed by atoms with van der Waals surface area (Å²) in [7, 11) is 0. The molecule has 2 unspecified atom stereocenters. The van der Waals surface area contributed by atoms with Gasteiger partial charge in [0, 0.05) is 12.8 Å². The number of carbonyl (C=O) groups is 1. The summed E-state index contributed by atoms with van der Waals surface area (Å²) in [4.78, 5) is 12.1. The van der Waals surface area contributed by atoms with Crippen molar-refractivity contribution in [1.29, 1.82) is 0 Å². The lowest BCUT2D eigenvalue weighted by molar-refractivity contribution is -0.119. The summed E-state index contributed by atoms with van der Waals surface area (Å²) in [5.74, 6) is 0.521.